The minimum Gasteiger partial charge on any atom is -0.465 e. The molecule has 1 unspecified atom stereocenters. The Balaban J connectivity index is 2.78. The predicted octanol–water partition coefficient (Wildman–Crippen LogP) is 1.10. The number of esters is 1. The first-order chi connectivity index (χ1) is 7.19. The van der Waals surface area contributed by atoms with Crippen molar-refractivity contribution in [3.63, 3.8) is 0 Å². The molecule has 0 bridgehead atoms. The lowest BCUT2D eigenvalue weighted by atomic mass is 10.0. The zero-order chi connectivity index (χ0) is 11.3. The van der Waals surface area contributed by atoms with Crippen LogP contribution in [0.25, 0.3) is 0 Å². The molecule has 4 heteroatoms. The largest absolute Gasteiger partial charge is 0.465 e. The van der Waals surface area contributed by atoms with Crippen molar-refractivity contribution in [1.29, 1.82) is 0 Å². The number of carbonyl (C=O) groups is 2. The average Bonchev–Trinajstić information content (AvgIpc) is 2.76. The van der Waals surface area contributed by atoms with E-state index in [0.29, 0.717) is 19.6 Å². The molecule has 84 valence electrons. The Morgan fingerprint density at radius 2 is 2.27 bits per heavy atom. The van der Waals surface area contributed by atoms with E-state index in [-0.39, 0.29) is 17.3 Å². The summed E-state index contributed by atoms with van der Waals surface area (Å²) in [5.41, 5.74) is 0.163. The third-order valence-electron chi connectivity index (χ3n) is 2.39. The Labute approximate surface area is 89.2 Å². The SMILES string of the molecule is CCC(=O)C(=CC1CCOC1)C(=O)OC. The van der Waals surface area contributed by atoms with Crippen molar-refractivity contribution in [3.05, 3.63) is 11.6 Å². The van der Waals surface area contributed by atoms with Crippen LogP contribution >= 0.6 is 0 Å². The first-order valence-electron chi connectivity index (χ1n) is 5.10. The minimum absolute atomic E-state index is 0.162. The fraction of sp³-hybridized carbons (Fsp3) is 0.636. The summed E-state index contributed by atoms with van der Waals surface area (Å²) in [5, 5.41) is 0. The van der Waals surface area contributed by atoms with E-state index in [0.717, 1.165) is 6.42 Å². The van der Waals surface area contributed by atoms with E-state index in [4.69, 9.17) is 4.74 Å². The molecule has 0 radical (unpaired) electrons. The van der Waals surface area contributed by atoms with Gasteiger partial charge in [-0.15, -0.1) is 0 Å². The smallest absolute Gasteiger partial charge is 0.341 e. The molecular formula is C11H16O4. The van der Waals surface area contributed by atoms with Crippen LogP contribution in [0, 0.1) is 5.92 Å². The lowest BCUT2D eigenvalue weighted by Gasteiger charge is -2.05. The fourth-order valence-electron chi connectivity index (χ4n) is 1.50. The highest BCUT2D eigenvalue weighted by atomic mass is 16.5. The quantitative estimate of drug-likeness (QED) is 0.303. The van der Waals surface area contributed by atoms with Crippen molar-refractivity contribution in [2.24, 2.45) is 5.92 Å². The van der Waals surface area contributed by atoms with Crippen molar-refractivity contribution in [3.8, 4) is 0 Å². The summed E-state index contributed by atoms with van der Waals surface area (Å²) in [6, 6.07) is 0. The summed E-state index contributed by atoms with van der Waals surface area (Å²) in [6.45, 7) is 3.00. The third kappa shape index (κ3) is 3.16. The Morgan fingerprint density at radius 1 is 1.53 bits per heavy atom. The second-order valence-corrected chi connectivity index (χ2v) is 3.47. The molecular weight excluding hydrogens is 196 g/mol. The van der Waals surface area contributed by atoms with Crippen molar-refractivity contribution in [2.45, 2.75) is 19.8 Å². The summed E-state index contributed by atoms with van der Waals surface area (Å²) < 4.78 is 9.75. The van der Waals surface area contributed by atoms with Crippen LogP contribution in [0.3, 0.4) is 0 Å². The lowest BCUT2D eigenvalue weighted by molar-refractivity contribution is -0.137. The average molecular weight is 212 g/mol. The number of hydrogen-bond donors (Lipinski definition) is 0. The Bertz CT molecular complexity index is 256. The van der Waals surface area contributed by atoms with Crippen LogP contribution in [0.1, 0.15) is 19.8 Å². The topological polar surface area (TPSA) is 52.6 Å². The van der Waals surface area contributed by atoms with Gasteiger partial charge in [-0.1, -0.05) is 13.0 Å². The van der Waals surface area contributed by atoms with Gasteiger partial charge in [-0.25, -0.2) is 4.79 Å². The van der Waals surface area contributed by atoms with Gasteiger partial charge in [0.2, 0.25) is 0 Å². The first kappa shape index (κ1) is 11.9. The Hall–Kier alpha value is -1.16. The standard InChI is InChI=1S/C11H16O4/c1-3-10(12)9(11(13)14-2)6-8-4-5-15-7-8/h6,8H,3-5,7H2,1-2H3. The van der Waals surface area contributed by atoms with Crippen molar-refractivity contribution in [2.75, 3.05) is 20.3 Å². The molecule has 1 atom stereocenters. The minimum atomic E-state index is -0.547. The van der Waals surface area contributed by atoms with Gasteiger partial charge in [0.15, 0.2) is 5.78 Å². The maximum absolute atomic E-state index is 11.5. The molecule has 15 heavy (non-hydrogen) atoms. The molecule has 0 saturated carbocycles. The molecule has 0 aliphatic carbocycles. The zero-order valence-corrected chi connectivity index (χ0v) is 9.12. The summed E-state index contributed by atoms with van der Waals surface area (Å²) in [4.78, 5) is 22.8. The zero-order valence-electron chi connectivity index (χ0n) is 9.12. The molecule has 1 fully saturated rings. The van der Waals surface area contributed by atoms with E-state index in [1.165, 1.54) is 7.11 Å². The van der Waals surface area contributed by atoms with Crippen molar-refractivity contribution < 1.29 is 19.1 Å². The normalized spacial score (nSPS) is 21.5. The highest BCUT2D eigenvalue weighted by Gasteiger charge is 2.21. The molecule has 0 N–H and O–H groups in total. The number of methoxy groups -OCH3 is 1. The maximum Gasteiger partial charge on any atom is 0.341 e. The number of carbonyl (C=O) groups excluding carboxylic acids is 2. The summed E-state index contributed by atoms with van der Waals surface area (Å²) in [6.07, 6.45) is 2.86. The molecule has 1 saturated heterocycles. The van der Waals surface area contributed by atoms with Crippen molar-refractivity contribution in [1.82, 2.24) is 0 Å². The molecule has 0 amide bonds. The number of hydrogen-bond acceptors (Lipinski definition) is 4. The second kappa shape index (κ2) is 5.66. The number of rotatable bonds is 4. The van der Waals surface area contributed by atoms with Gasteiger partial charge in [-0.2, -0.15) is 0 Å². The van der Waals surface area contributed by atoms with Crippen LogP contribution in [0.4, 0.5) is 0 Å². The molecule has 0 spiro atoms. The molecule has 4 nitrogen and oxygen atoms in total. The van der Waals surface area contributed by atoms with Gasteiger partial charge in [-0.05, 0) is 6.42 Å². The third-order valence-corrected chi connectivity index (χ3v) is 2.39. The monoisotopic (exact) mass is 212 g/mol. The summed E-state index contributed by atoms with van der Waals surface area (Å²) >= 11 is 0. The molecule has 0 aromatic heterocycles. The van der Waals surface area contributed by atoms with Gasteiger partial charge < -0.3 is 9.47 Å². The van der Waals surface area contributed by atoms with E-state index in [1.54, 1.807) is 13.0 Å². The van der Waals surface area contributed by atoms with Gasteiger partial charge in [0.25, 0.3) is 0 Å². The van der Waals surface area contributed by atoms with Gasteiger partial charge >= 0.3 is 5.97 Å². The van der Waals surface area contributed by atoms with Crippen LogP contribution in [0.2, 0.25) is 0 Å². The number of Topliss-reactive ketones (excluding diaryl/α,β-unsaturated/α-hetero) is 1. The van der Waals surface area contributed by atoms with Gasteiger partial charge in [-0.3, -0.25) is 4.79 Å². The molecule has 0 aromatic rings. The second-order valence-electron chi connectivity index (χ2n) is 3.47. The Kier molecular flexibility index (Phi) is 4.49. The van der Waals surface area contributed by atoms with E-state index in [2.05, 4.69) is 4.74 Å². The van der Waals surface area contributed by atoms with E-state index in [1.807, 2.05) is 0 Å². The first-order valence-corrected chi connectivity index (χ1v) is 5.10. The molecule has 1 heterocycles. The van der Waals surface area contributed by atoms with E-state index < -0.39 is 5.97 Å². The number of ether oxygens (including phenoxy) is 2. The Morgan fingerprint density at radius 3 is 2.73 bits per heavy atom. The van der Waals surface area contributed by atoms with Crippen LogP contribution in [-0.4, -0.2) is 32.1 Å². The lowest BCUT2D eigenvalue weighted by Crippen LogP contribution is -2.15. The maximum atomic E-state index is 11.5. The van der Waals surface area contributed by atoms with Crippen LogP contribution < -0.4 is 0 Å². The van der Waals surface area contributed by atoms with Crippen molar-refractivity contribution >= 4 is 11.8 Å². The van der Waals surface area contributed by atoms with Gasteiger partial charge in [0.1, 0.15) is 0 Å². The van der Waals surface area contributed by atoms with Crippen LogP contribution in [-0.2, 0) is 19.1 Å². The summed E-state index contributed by atoms with van der Waals surface area (Å²) in [5.74, 6) is -0.558. The molecule has 1 rings (SSSR count). The fourth-order valence-corrected chi connectivity index (χ4v) is 1.50. The van der Waals surface area contributed by atoms with Crippen LogP contribution in [0.5, 0.6) is 0 Å². The summed E-state index contributed by atoms with van der Waals surface area (Å²) in [7, 11) is 1.28. The van der Waals surface area contributed by atoms with Gasteiger partial charge in [0, 0.05) is 18.9 Å². The van der Waals surface area contributed by atoms with E-state index >= 15 is 0 Å². The molecule has 1 aliphatic rings. The van der Waals surface area contributed by atoms with Crippen LogP contribution in [0.15, 0.2) is 11.6 Å². The molecule has 1 aliphatic heterocycles. The van der Waals surface area contributed by atoms with Gasteiger partial charge in [0.05, 0.1) is 19.3 Å². The number of ketones is 1. The highest BCUT2D eigenvalue weighted by molar-refractivity contribution is 6.17. The van der Waals surface area contributed by atoms with E-state index in [9.17, 15) is 9.59 Å². The predicted molar refractivity (Wildman–Crippen MR) is 54.3 cm³/mol. The highest BCUT2D eigenvalue weighted by Crippen LogP contribution is 2.17. The molecule has 0 aromatic carbocycles.